The number of nitrogens with zero attached hydrogens (tertiary/aromatic N) is 1. The van der Waals surface area contributed by atoms with Crippen LogP contribution in [0.15, 0.2) is 11.8 Å². The molecule has 1 aromatic rings. The Morgan fingerprint density at radius 3 is 2.58 bits per heavy atom. The van der Waals surface area contributed by atoms with Crippen molar-refractivity contribution in [2.24, 2.45) is 7.05 Å². The summed E-state index contributed by atoms with van der Waals surface area (Å²) in [5, 5.41) is 9.54. The summed E-state index contributed by atoms with van der Waals surface area (Å²) in [7, 11) is 3.11. The van der Waals surface area contributed by atoms with Crippen molar-refractivity contribution in [3.63, 3.8) is 0 Å². The Hall–Kier alpha value is -1.88. The van der Waals surface area contributed by atoms with Crippen molar-refractivity contribution in [2.45, 2.75) is 26.4 Å². The normalized spacial score (nSPS) is 14.4. The summed E-state index contributed by atoms with van der Waals surface area (Å²) < 4.78 is 6.65. The molecule has 0 amide bonds. The average molecular weight is 263 g/mol. The van der Waals surface area contributed by atoms with Gasteiger partial charge in [-0.3, -0.25) is 9.59 Å². The van der Waals surface area contributed by atoms with E-state index in [0.717, 1.165) is 12.1 Å². The topological polar surface area (TPSA) is 68.5 Å². The van der Waals surface area contributed by atoms with Gasteiger partial charge in [-0.1, -0.05) is 13.3 Å². The highest BCUT2D eigenvalue weighted by molar-refractivity contribution is 6.24. The second kappa shape index (κ2) is 5.01. The zero-order chi connectivity index (χ0) is 14.2. The minimum atomic E-state index is -0.334. The van der Waals surface area contributed by atoms with Crippen LogP contribution in [0.3, 0.4) is 0 Å². The number of carbonyl (C=O) groups is 2. The maximum absolute atomic E-state index is 12.3. The lowest BCUT2D eigenvalue weighted by atomic mass is 9.96. The van der Waals surface area contributed by atoms with E-state index in [1.54, 1.807) is 11.6 Å². The van der Waals surface area contributed by atoms with Gasteiger partial charge >= 0.3 is 0 Å². The van der Waals surface area contributed by atoms with E-state index in [-0.39, 0.29) is 29.5 Å². The van der Waals surface area contributed by atoms with Gasteiger partial charge in [0.15, 0.2) is 5.76 Å². The molecule has 0 radical (unpaired) electrons. The number of ketones is 2. The SMILES string of the molecule is CCCc1c(CO)c2c(n1C)C(=O)C=C(OC)C2=O. The Kier molecular flexibility index (Phi) is 3.57. The van der Waals surface area contributed by atoms with Crippen LogP contribution >= 0.6 is 0 Å². The fraction of sp³-hybridized carbons (Fsp3) is 0.429. The Labute approximate surface area is 111 Å². The maximum atomic E-state index is 12.3. The Morgan fingerprint density at radius 2 is 2.05 bits per heavy atom. The number of allylic oxidation sites excluding steroid dienone is 2. The number of fused-ring (bicyclic) bond motifs is 1. The summed E-state index contributed by atoms with van der Waals surface area (Å²) in [6.07, 6.45) is 2.79. The third kappa shape index (κ3) is 1.90. The van der Waals surface area contributed by atoms with Crippen LogP contribution in [0.5, 0.6) is 0 Å². The molecule has 0 saturated heterocycles. The number of aromatic nitrogens is 1. The van der Waals surface area contributed by atoms with Crippen molar-refractivity contribution in [3.05, 3.63) is 34.3 Å². The van der Waals surface area contributed by atoms with Gasteiger partial charge in [0.05, 0.1) is 19.3 Å². The number of aliphatic hydroxyl groups excluding tert-OH is 1. The third-order valence-corrected chi connectivity index (χ3v) is 3.44. The molecule has 1 aliphatic rings. The molecule has 5 nitrogen and oxygen atoms in total. The van der Waals surface area contributed by atoms with E-state index < -0.39 is 0 Å². The van der Waals surface area contributed by atoms with Gasteiger partial charge in [0.1, 0.15) is 5.69 Å². The number of ether oxygens (including phenoxy) is 1. The molecule has 1 N–H and O–H groups in total. The van der Waals surface area contributed by atoms with Crippen LogP contribution in [-0.4, -0.2) is 28.3 Å². The Morgan fingerprint density at radius 1 is 1.37 bits per heavy atom. The number of methoxy groups -OCH3 is 1. The second-order valence-electron chi connectivity index (χ2n) is 4.52. The van der Waals surface area contributed by atoms with Gasteiger partial charge < -0.3 is 14.4 Å². The molecule has 19 heavy (non-hydrogen) atoms. The van der Waals surface area contributed by atoms with E-state index in [2.05, 4.69) is 0 Å². The van der Waals surface area contributed by atoms with Crippen LogP contribution in [0.4, 0.5) is 0 Å². The highest BCUT2D eigenvalue weighted by Crippen LogP contribution is 2.30. The largest absolute Gasteiger partial charge is 0.492 e. The van der Waals surface area contributed by atoms with E-state index in [9.17, 15) is 14.7 Å². The summed E-state index contributed by atoms with van der Waals surface area (Å²) >= 11 is 0. The molecule has 5 heteroatoms. The molecular weight excluding hydrogens is 246 g/mol. The fourth-order valence-corrected chi connectivity index (χ4v) is 2.58. The number of rotatable bonds is 4. The van der Waals surface area contributed by atoms with Crippen molar-refractivity contribution >= 4 is 11.6 Å². The minimum absolute atomic E-state index is 0.0286. The van der Waals surface area contributed by atoms with Crippen LogP contribution in [-0.2, 0) is 24.8 Å². The average Bonchev–Trinajstić information content (AvgIpc) is 2.68. The first-order valence-electron chi connectivity index (χ1n) is 6.22. The first kappa shape index (κ1) is 13.5. The molecule has 0 bridgehead atoms. The molecule has 0 atom stereocenters. The predicted octanol–water partition coefficient (Wildman–Crippen LogP) is 1.38. The van der Waals surface area contributed by atoms with Crippen molar-refractivity contribution in [2.75, 3.05) is 7.11 Å². The molecular formula is C14H17NO4. The monoisotopic (exact) mass is 263 g/mol. The van der Waals surface area contributed by atoms with Crippen molar-refractivity contribution in [3.8, 4) is 0 Å². The predicted molar refractivity (Wildman–Crippen MR) is 69.1 cm³/mol. The molecule has 0 unspecified atom stereocenters. The second-order valence-corrected chi connectivity index (χ2v) is 4.52. The summed E-state index contributed by atoms with van der Waals surface area (Å²) in [5.41, 5.74) is 2.01. The van der Waals surface area contributed by atoms with Crippen LogP contribution in [0.25, 0.3) is 0 Å². The van der Waals surface area contributed by atoms with Gasteiger partial charge in [0.2, 0.25) is 11.6 Å². The van der Waals surface area contributed by atoms with E-state index in [1.807, 2.05) is 6.92 Å². The first-order valence-corrected chi connectivity index (χ1v) is 6.22. The molecule has 0 spiro atoms. The Bertz CT molecular complexity index is 581. The molecule has 0 saturated carbocycles. The summed E-state index contributed by atoms with van der Waals surface area (Å²) in [6.45, 7) is 1.75. The van der Waals surface area contributed by atoms with Gasteiger partial charge in [-0.15, -0.1) is 0 Å². The highest BCUT2D eigenvalue weighted by Gasteiger charge is 2.34. The van der Waals surface area contributed by atoms with Crippen LogP contribution < -0.4 is 0 Å². The molecule has 1 heterocycles. The van der Waals surface area contributed by atoms with Gasteiger partial charge in [-0.25, -0.2) is 0 Å². The van der Waals surface area contributed by atoms with Crippen molar-refractivity contribution in [1.29, 1.82) is 0 Å². The van der Waals surface area contributed by atoms with Crippen LogP contribution in [0.2, 0.25) is 0 Å². The molecule has 1 aromatic heterocycles. The molecule has 0 aliphatic heterocycles. The van der Waals surface area contributed by atoms with E-state index >= 15 is 0 Å². The minimum Gasteiger partial charge on any atom is -0.492 e. The summed E-state index contributed by atoms with van der Waals surface area (Å²) in [6, 6.07) is 0. The van der Waals surface area contributed by atoms with Gasteiger partial charge in [0.25, 0.3) is 0 Å². The Balaban J connectivity index is 2.70. The quantitative estimate of drug-likeness (QED) is 0.891. The van der Waals surface area contributed by atoms with Gasteiger partial charge in [-0.2, -0.15) is 0 Å². The van der Waals surface area contributed by atoms with Crippen LogP contribution in [0, 0.1) is 0 Å². The maximum Gasteiger partial charge on any atom is 0.230 e. The zero-order valence-corrected chi connectivity index (χ0v) is 11.3. The lowest BCUT2D eigenvalue weighted by molar-refractivity contribution is 0.0911. The summed E-state index contributed by atoms with van der Waals surface area (Å²) in [4.78, 5) is 24.4. The number of hydrogen-bond acceptors (Lipinski definition) is 4. The fourth-order valence-electron chi connectivity index (χ4n) is 2.58. The smallest absolute Gasteiger partial charge is 0.230 e. The van der Waals surface area contributed by atoms with Crippen molar-refractivity contribution < 1.29 is 19.4 Å². The molecule has 0 aromatic carbocycles. The highest BCUT2D eigenvalue weighted by atomic mass is 16.5. The van der Waals surface area contributed by atoms with E-state index in [4.69, 9.17) is 4.74 Å². The van der Waals surface area contributed by atoms with Crippen LogP contribution in [0.1, 0.15) is 45.4 Å². The number of carbonyl (C=O) groups excluding carboxylic acids is 2. The molecule has 1 aliphatic carbocycles. The standard InChI is InChI=1S/C14H17NO4/c1-4-5-9-8(7-16)12-13(15(9)2)10(17)6-11(19-3)14(12)18/h6,16H,4-5,7H2,1-3H3. The lowest BCUT2D eigenvalue weighted by Gasteiger charge is -2.12. The number of Topliss-reactive ketones (excluding diaryl/α,β-unsaturated/α-hetero) is 1. The lowest BCUT2D eigenvalue weighted by Crippen LogP contribution is -2.20. The first-order chi connectivity index (χ1) is 9.06. The van der Waals surface area contributed by atoms with E-state index in [1.165, 1.54) is 13.2 Å². The zero-order valence-electron chi connectivity index (χ0n) is 11.3. The third-order valence-electron chi connectivity index (χ3n) is 3.44. The van der Waals surface area contributed by atoms with Gasteiger partial charge in [-0.05, 0) is 6.42 Å². The number of hydrogen-bond donors (Lipinski definition) is 1. The molecule has 102 valence electrons. The molecule has 2 rings (SSSR count). The van der Waals surface area contributed by atoms with Gasteiger partial charge in [0, 0.05) is 24.4 Å². The van der Waals surface area contributed by atoms with Crippen molar-refractivity contribution in [1.82, 2.24) is 4.57 Å². The van der Waals surface area contributed by atoms with E-state index in [0.29, 0.717) is 17.7 Å². The summed E-state index contributed by atoms with van der Waals surface area (Å²) in [5.74, 6) is -0.564. The number of aliphatic hydroxyl groups is 1. The molecule has 0 fully saturated rings.